The number of rotatable bonds is 4. The van der Waals surface area contributed by atoms with E-state index in [0.717, 1.165) is 22.3 Å². The van der Waals surface area contributed by atoms with Gasteiger partial charge in [-0.15, -0.1) is 0 Å². The van der Waals surface area contributed by atoms with Gasteiger partial charge in [-0.2, -0.15) is 0 Å². The third-order valence-electron chi connectivity index (χ3n) is 5.82. The number of aromatic nitrogens is 4. The maximum absolute atomic E-state index is 12.1. The van der Waals surface area contributed by atoms with Crippen LogP contribution in [0.5, 0.6) is 0 Å². The van der Waals surface area contributed by atoms with Crippen molar-refractivity contribution < 1.29 is 0 Å². The summed E-state index contributed by atoms with van der Waals surface area (Å²) in [7, 11) is 0. The largest absolute Gasteiger partial charge is 0.306 e. The molecule has 0 atom stereocenters. The second-order valence-corrected chi connectivity index (χ2v) is 9.31. The molecule has 6 rings (SSSR count). The van der Waals surface area contributed by atoms with Crippen LogP contribution in [0.1, 0.15) is 0 Å². The summed E-state index contributed by atoms with van der Waals surface area (Å²) in [6.07, 6.45) is 0. The first kappa shape index (κ1) is 25.8. The lowest BCUT2D eigenvalue weighted by molar-refractivity contribution is 1.11. The molecule has 0 saturated carbocycles. The number of benzene rings is 4. The van der Waals surface area contributed by atoms with Crippen molar-refractivity contribution in [2.45, 2.75) is 0 Å². The van der Waals surface area contributed by atoms with Crippen molar-refractivity contribution in [2.24, 2.45) is 0 Å². The van der Waals surface area contributed by atoms with E-state index in [1.165, 1.54) is 6.07 Å². The molecule has 0 radical (unpaired) electrons. The van der Waals surface area contributed by atoms with Gasteiger partial charge in [-0.25, -0.2) is 9.97 Å². The summed E-state index contributed by atoms with van der Waals surface area (Å²) in [4.78, 5) is 38.5. The number of H-pyrrole nitrogens is 2. The van der Waals surface area contributed by atoms with Gasteiger partial charge < -0.3 is 9.97 Å². The monoisotopic (exact) mass is 574 g/mol. The van der Waals surface area contributed by atoms with E-state index < -0.39 is 0 Å². The predicted octanol–water partition coefficient (Wildman–Crippen LogP) is 6.97. The van der Waals surface area contributed by atoms with Gasteiger partial charge in [-0.3, -0.25) is 9.59 Å². The average molecular weight is 575 g/mol. The molecule has 2 aromatic heterocycles. The van der Waals surface area contributed by atoms with Crippen LogP contribution in [-0.2, 0) is 0 Å². The Morgan fingerprint density at radius 1 is 0.513 bits per heavy atom. The maximum Gasteiger partial charge on any atom is 0.266 e. The molecule has 0 aliphatic heterocycles. The number of hydrogen-bond donors (Lipinski definition) is 2. The fourth-order valence-corrected chi connectivity index (χ4v) is 4.34. The first-order valence-electron chi connectivity index (χ1n) is 12.2. The van der Waals surface area contributed by atoms with E-state index in [0.29, 0.717) is 27.5 Å². The van der Waals surface area contributed by atoms with Crippen molar-refractivity contribution in [3.8, 4) is 45.3 Å². The van der Waals surface area contributed by atoms with Crippen molar-refractivity contribution in [1.29, 1.82) is 0 Å². The second kappa shape index (κ2) is 12.1. The van der Waals surface area contributed by atoms with Gasteiger partial charge in [0.25, 0.3) is 11.1 Å². The zero-order valence-electron chi connectivity index (χ0n) is 20.7. The molecular formula is C32H23BrN4O2. The third kappa shape index (κ3) is 6.34. The minimum atomic E-state index is -0.183. The van der Waals surface area contributed by atoms with Crippen LogP contribution in [0, 0.1) is 0 Å². The summed E-state index contributed by atoms with van der Waals surface area (Å²) < 4.78 is 0.448. The molecule has 6 nitrogen and oxygen atoms in total. The SMILES string of the molecule is O=c1[nH]c(-c2ccccc2)nc(-c2ccccc2)c1Br.O=c1cc(-c2ccccc2)nc(-c2ccccc2)[nH]1. The van der Waals surface area contributed by atoms with Crippen molar-refractivity contribution in [3.63, 3.8) is 0 Å². The quantitative estimate of drug-likeness (QED) is 0.238. The van der Waals surface area contributed by atoms with Crippen LogP contribution in [0.25, 0.3) is 45.3 Å². The lowest BCUT2D eigenvalue weighted by atomic mass is 10.1. The van der Waals surface area contributed by atoms with E-state index in [4.69, 9.17) is 0 Å². The first-order valence-corrected chi connectivity index (χ1v) is 13.0. The van der Waals surface area contributed by atoms with Crippen molar-refractivity contribution >= 4 is 15.9 Å². The Kier molecular flexibility index (Phi) is 8.00. The Labute approximate surface area is 233 Å². The summed E-state index contributed by atoms with van der Waals surface area (Å²) in [5, 5.41) is 0. The van der Waals surface area contributed by atoms with E-state index in [1.54, 1.807) is 0 Å². The Balaban J connectivity index is 0.000000158. The molecular weight excluding hydrogens is 552 g/mol. The molecule has 6 aromatic rings. The van der Waals surface area contributed by atoms with Crippen LogP contribution in [-0.4, -0.2) is 19.9 Å². The molecule has 0 aliphatic carbocycles. The van der Waals surface area contributed by atoms with Crippen LogP contribution in [0.2, 0.25) is 0 Å². The van der Waals surface area contributed by atoms with Gasteiger partial charge in [0.1, 0.15) is 16.1 Å². The Morgan fingerprint density at radius 3 is 1.46 bits per heavy atom. The summed E-state index contributed by atoms with van der Waals surface area (Å²) in [6, 6.07) is 40.1. The van der Waals surface area contributed by atoms with Crippen LogP contribution < -0.4 is 11.1 Å². The summed E-state index contributed by atoms with van der Waals surface area (Å²) in [5.41, 5.74) is 4.63. The predicted molar refractivity (Wildman–Crippen MR) is 159 cm³/mol. The van der Waals surface area contributed by atoms with Gasteiger partial charge in [0, 0.05) is 28.3 Å². The van der Waals surface area contributed by atoms with Crippen LogP contribution in [0.4, 0.5) is 0 Å². The number of nitrogens with one attached hydrogen (secondary N) is 2. The number of halogens is 1. The minimum Gasteiger partial charge on any atom is -0.306 e. The highest BCUT2D eigenvalue weighted by Gasteiger charge is 2.12. The van der Waals surface area contributed by atoms with E-state index in [2.05, 4.69) is 35.9 Å². The molecule has 0 spiro atoms. The number of hydrogen-bond acceptors (Lipinski definition) is 4. The molecule has 190 valence electrons. The molecule has 0 saturated heterocycles. The normalized spacial score (nSPS) is 10.4. The second-order valence-electron chi connectivity index (χ2n) is 8.52. The molecule has 39 heavy (non-hydrogen) atoms. The highest BCUT2D eigenvalue weighted by Crippen LogP contribution is 2.25. The Morgan fingerprint density at radius 2 is 0.949 bits per heavy atom. The van der Waals surface area contributed by atoms with E-state index in [-0.39, 0.29) is 11.1 Å². The zero-order valence-corrected chi connectivity index (χ0v) is 22.3. The molecule has 0 bridgehead atoms. The van der Waals surface area contributed by atoms with E-state index in [9.17, 15) is 9.59 Å². The van der Waals surface area contributed by atoms with Gasteiger partial charge in [0.15, 0.2) is 0 Å². The van der Waals surface area contributed by atoms with Gasteiger partial charge in [0.2, 0.25) is 0 Å². The maximum atomic E-state index is 12.1. The van der Waals surface area contributed by atoms with Crippen molar-refractivity contribution in [1.82, 2.24) is 19.9 Å². The average Bonchev–Trinajstić information content (AvgIpc) is 3.00. The fraction of sp³-hybridized carbons (Fsp3) is 0. The molecule has 0 fully saturated rings. The molecule has 2 N–H and O–H groups in total. The highest BCUT2D eigenvalue weighted by atomic mass is 79.9. The molecule has 4 aromatic carbocycles. The summed E-state index contributed by atoms with van der Waals surface area (Å²) >= 11 is 3.32. The molecule has 7 heteroatoms. The summed E-state index contributed by atoms with van der Waals surface area (Å²) in [5.74, 6) is 1.16. The minimum absolute atomic E-state index is 0.146. The standard InChI is InChI=1S/C16H11BrN2O.C16H12N2O/c17-13-14(11-7-3-1-4-8-11)18-15(19-16(13)20)12-9-5-2-6-10-12;19-15-11-14(12-7-3-1-4-8-12)17-16(18-15)13-9-5-2-6-10-13/h1-10H,(H,18,19,20);1-11H,(H,17,18,19). The Bertz CT molecular complexity index is 1730. The molecule has 2 heterocycles. The Hall–Kier alpha value is -4.88. The van der Waals surface area contributed by atoms with E-state index >= 15 is 0 Å². The van der Waals surface area contributed by atoms with Gasteiger partial charge in [0.05, 0.1) is 11.4 Å². The lowest BCUT2D eigenvalue weighted by Gasteiger charge is -2.07. The first-order chi connectivity index (χ1) is 19.1. The van der Waals surface area contributed by atoms with Gasteiger partial charge >= 0.3 is 0 Å². The summed E-state index contributed by atoms with van der Waals surface area (Å²) in [6.45, 7) is 0. The third-order valence-corrected chi connectivity index (χ3v) is 6.55. The van der Waals surface area contributed by atoms with Crippen molar-refractivity contribution in [2.75, 3.05) is 0 Å². The topological polar surface area (TPSA) is 91.5 Å². The van der Waals surface area contributed by atoms with Crippen molar-refractivity contribution in [3.05, 3.63) is 153 Å². The lowest BCUT2D eigenvalue weighted by Crippen LogP contribution is -2.11. The molecule has 0 aliphatic rings. The highest BCUT2D eigenvalue weighted by molar-refractivity contribution is 9.10. The number of aromatic amines is 2. The van der Waals surface area contributed by atoms with E-state index in [1.807, 2.05) is 121 Å². The van der Waals surface area contributed by atoms with Crippen LogP contribution in [0.3, 0.4) is 0 Å². The van der Waals surface area contributed by atoms with Crippen LogP contribution >= 0.6 is 15.9 Å². The molecule has 0 amide bonds. The zero-order chi connectivity index (χ0) is 27.0. The van der Waals surface area contributed by atoms with Crippen LogP contribution in [0.15, 0.2) is 141 Å². The van der Waals surface area contributed by atoms with Gasteiger partial charge in [-0.05, 0) is 15.9 Å². The van der Waals surface area contributed by atoms with Gasteiger partial charge in [-0.1, -0.05) is 121 Å². The molecule has 0 unspecified atom stereocenters. The number of nitrogens with zero attached hydrogens (tertiary/aromatic N) is 2. The fourth-order valence-electron chi connectivity index (χ4n) is 3.93. The smallest absolute Gasteiger partial charge is 0.266 e.